The van der Waals surface area contributed by atoms with Crippen molar-refractivity contribution in [3.05, 3.63) is 24.3 Å². The molecular formula is C17H26N2O2S. The van der Waals surface area contributed by atoms with E-state index in [0.29, 0.717) is 17.8 Å². The molecule has 1 aliphatic carbocycles. The molecule has 4 nitrogen and oxygen atoms in total. The van der Waals surface area contributed by atoms with Crippen molar-refractivity contribution >= 4 is 23.0 Å². The lowest BCUT2D eigenvalue weighted by Gasteiger charge is -2.13. The quantitative estimate of drug-likeness (QED) is 0.564. The summed E-state index contributed by atoms with van der Waals surface area (Å²) < 4.78 is 11.3. The minimum absolute atomic E-state index is 0.492. The SMILES string of the molecule is CCOc1cccc(NC(=S)NCCCOC2CCCC2)c1. The molecule has 0 atom stereocenters. The molecule has 0 heterocycles. The molecule has 5 heteroatoms. The van der Waals surface area contributed by atoms with Gasteiger partial charge in [-0.1, -0.05) is 18.9 Å². The van der Waals surface area contributed by atoms with Crippen LogP contribution in [0.2, 0.25) is 0 Å². The standard InChI is InChI=1S/C17H26N2O2S/c1-2-20-16-10-5-7-14(13-16)19-17(22)18-11-6-12-21-15-8-3-4-9-15/h5,7,10,13,15H,2-4,6,8-9,11-12H2,1H3,(H2,18,19,22). The average molecular weight is 322 g/mol. The van der Waals surface area contributed by atoms with E-state index < -0.39 is 0 Å². The van der Waals surface area contributed by atoms with Gasteiger partial charge in [0.05, 0.1) is 12.7 Å². The fraction of sp³-hybridized carbons (Fsp3) is 0.588. The lowest BCUT2D eigenvalue weighted by atomic mass is 10.3. The van der Waals surface area contributed by atoms with Crippen LogP contribution in [0.1, 0.15) is 39.0 Å². The summed E-state index contributed by atoms with van der Waals surface area (Å²) >= 11 is 5.30. The van der Waals surface area contributed by atoms with E-state index in [0.717, 1.165) is 31.0 Å². The number of hydrogen-bond donors (Lipinski definition) is 2. The van der Waals surface area contributed by atoms with Gasteiger partial charge in [-0.2, -0.15) is 0 Å². The van der Waals surface area contributed by atoms with Crippen molar-refractivity contribution in [3.63, 3.8) is 0 Å². The van der Waals surface area contributed by atoms with E-state index >= 15 is 0 Å². The van der Waals surface area contributed by atoms with Crippen molar-refractivity contribution in [1.29, 1.82) is 0 Å². The first-order chi connectivity index (χ1) is 10.8. The summed E-state index contributed by atoms with van der Waals surface area (Å²) in [5.41, 5.74) is 0.936. The largest absolute Gasteiger partial charge is 0.494 e. The van der Waals surface area contributed by atoms with E-state index in [9.17, 15) is 0 Å². The van der Waals surface area contributed by atoms with Crippen molar-refractivity contribution in [2.45, 2.75) is 45.1 Å². The Morgan fingerprint density at radius 2 is 2.14 bits per heavy atom. The zero-order chi connectivity index (χ0) is 15.6. The first-order valence-electron chi connectivity index (χ1n) is 8.17. The Kier molecular flexibility index (Phi) is 7.46. The van der Waals surface area contributed by atoms with Crippen molar-refractivity contribution in [2.24, 2.45) is 0 Å². The van der Waals surface area contributed by atoms with Gasteiger partial charge in [0.15, 0.2) is 5.11 Å². The van der Waals surface area contributed by atoms with Gasteiger partial charge < -0.3 is 20.1 Å². The van der Waals surface area contributed by atoms with Crippen LogP contribution in [-0.2, 0) is 4.74 Å². The Hall–Kier alpha value is -1.33. The minimum atomic E-state index is 0.492. The Morgan fingerprint density at radius 1 is 1.32 bits per heavy atom. The van der Waals surface area contributed by atoms with Gasteiger partial charge in [-0.05, 0) is 50.5 Å². The Balaban J connectivity index is 1.59. The van der Waals surface area contributed by atoms with Crippen LogP contribution in [0.4, 0.5) is 5.69 Å². The van der Waals surface area contributed by atoms with Crippen molar-refractivity contribution < 1.29 is 9.47 Å². The number of nitrogens with one attached hydrogen (secondary N) is 2. The first-order valence-corrected chi connectivity index (χ1v) is 8.58. The number of anilines is 1. The fourth-order valence-corrected chi connectivity index (χ4v) is 2.80. The third-order valence-corrected chi connectivity index (χ3v) is 3.91. The maximum absolute atomic E-state index is 5.83. The molecule has 122 valence electrons. The second kappa shape index (κ2) is 9.64. The summed E-state index contributed by atoms with van der Waals surface area (Å²) in [6.45, 7) is 4.26. The highest BCUT2D eigenvalue weighted by molar-refractivity contribution is 7.80. The van der Waals surface area contributed by atoms with Gasteiger partial charge in [0.1, 0.15) is 5.75 Å². The summed E-state index contributed by atoms with van der Waals surface area (Å²) in [6.07, 6.45) is 6.55. The zero-order valence-electron chi connectivity index (χ0n) is 13.3. The lowest BCUT2D eigenvalue weighted by molar-refractivity contribution is 0.0574. The van der Waals surface area contributed by atoms with Gasteiger partial charge in [-0.3, -0.25) is 0 Å². The summed E-state index contributed by atoms with van der Waals surface area (Å²) in [5.74, 6) is 0.847. The van der Waals surface area contributed by atoms with E-state index in [-0.39, 0.29) is 0 Å². The average Bonchev–Trinajstić information content (AvgIpc) is 3.01. The third-order valence-electron chi connectivity index (χ3n) is 3.67. The number of rotatable bonds is 8. The monoisotopic (exact) mass is 322 g/mol. The Labute approximate surface area is 138 Å². The highest BCUT2D eigenvalue weighted by atomic mass is 32.1. The van der Waals surface area contributed by atoms with Crippen molar-refractivity contribution in [1.82, 2.24) is 5.32 Å². The van der Waals surface area contributed by atoms with Gasteiger partial charge in [-0.25, -0.2) is 0 Å². The van der Waals surface area contributed by atoms with Crippen LogP contribution in [0.3, 0.4) is 0 Å². The molecule has 0 saturated heterocycles. The molecule has 0 radical (unpaired) electrons. The maximum atomic E-state index is 5.83. The molecule has 0 aliphatic heterocycles. The van der Waals surface area contributed by atoms with E-state index in [1.807, 2.05) is 31.2 Å². The van der Waals surface area contributed by atoms with Gasteiger partial charge >= 0.3 is 0 Å². The molecular weight excluding hydrogens is 296 g/mol. The molecule has 2 rings (SSSR count). The van der Waals surface area contributed by atoms with E-state index in [2.05, 4.69) is 10.6 Å². The predicted molar refractivity (Wildman–Crippen MR) is 94.7 cm³/mol. The van der Waals surface area contributed by atoms with Gasteiger partial charge in [0.25, 0.3) is 0 Å². The molecule has 1 saturated carbocycles. The van der Waals surface area contributed by atoms with Gasteiger partial charge in [-0.15, -0.1) is 0 Å². The minimum Gasteiger partial charge on any atom is -0.494 e. The number of benzene rings is 1. The summed E-state index contributed by atoms with van der Waals surface area (Å²) in [6, 6.07) is 7.80. The molecule has 0 bridgehead atoms. The number of hydrogen-bond acceptors (Lipinski definition) is 3. The molecule has 1 aromatic carbocycles. The van der Waals surface area contributed by atoms with E-state index in [1.54, 1.807) is 0 Å². The van der Waals surface area contributed by atoms with Crippen molar-refractivity contribution in [2.75, 3.05) is 25.1 Å². The van der Waals surface area contributed by atoms with Crippen LogP contribution in [0.5, 0.6) is 5.75 Å². The zero-order valence-corrected chi connectivity index (χ0v) is 14.1. The topological polar surface area (TPSA) is 42.5 Å². The fourth-order valence-electron chi connectivity index (χ4n) is 2.58. The van der Waals surface area contributed by atoms with Crippen LogP contribution >= 0.6 is 12.2 Å². The molecule has 2 N–H and O–H groups in total. The van der Waals surface area contributed by atoms with Gasteiger partial charge in [0, 0.05) is 24.9 Å². The molecule has 0 unspecified atom stereocenters. The lowest BCUT2D eigenvalue weighted by Crippen LogP contribution is -2.30. The highest BCUT2D eigenvalue weighted by Crippen LogP contribution is 2.20. The smallest absolute Gasteiger partial charge is 0.170 e. The van der Waals surface area contributed by atoms with Crippen LogP contribution in [0.25, 0.3) is 0 Å². The van der Waals surface area contributed by atoms with Crippen LogP contribution in [0.15, 0.2) is 24.3 Å². The summed E-state index contributed by atoms with van der Waals surface area (Å²) in [5, 5.41) is 7.01. The second-order valence-electron chi connectivity index (χ2n) is 5.47. The second-order valence-corrected chi connectivity index (χ2v) is 5.88. The first kappa shape index (κ1) is 17.0. The predicted octanol–water partition coefficient (Wildman–Crippen LogP) is 3.72. The molecule has 22 heavy (non-hydrogen) atoms. The summed E-state index contributed by atoms with van der Waals surface area (Å²) in [7, 11) is 0. The van der Waals surface area contributed by atoms with E-state index in [4.69, 9.17) is 21.7 Å². The third kappa shape index (κ3) is 6.20. The Morgan fingerprint density at radius 3 is 2.91 bits per heavy atom. The molecule has 0 amide bonds. The molecule has 1 fully saturated rings. The molecule has 0 spiro atoms. The normalized spacial score (nSPS) is 14.8. The summed E-state index contributed by atoms with van der Waals surface area (Å²) in [4.78, 5) is 0. The van der Waals surface area contributed by atoms with Crippen LogP contribution in [-0.4, -0.2) is 31.0 Å². The number of thiocarbonyl (C=S) groups is 1. The highest BCUT2D eigenvalue weighted by Gasteiger charge is 2.14. The molecule has 1 aliphatic rings. The number of ether oxygens (including phenoxy) is 2. The van der Waals surface area contributed by atoms with Crippen LogP contribution in [0, 0.1) is 0 Å². The molecule has 0 aromatic heterocycles. The van der Waals surface area contributed by atoms with Crippen molar-refractivity contribution in [3.8, 4) is 5.75 Å². The van der Waals surface area contributed by atoms with Gasteiger partial charge in [0.2, 0.25) is 0 Å². The van der Waals surface area contributed by atoms with Crippen LogP contribution < -0.4 is 15.4 Å². The maximum Gasteiger partial charge on any atom is 0.170 e. The molecule has 1 aromatic rings. The Bertz CT molecular complexity index is 462. The van der Waals surface area contributed by atoms with E-state index in [1.165, 1.54) is 25.7 Å².